The van der Waals surface area contributed by atoms with Gasteiger partial charge in [0.1, 0.15) is 5.82 Å². The van der Waals surface area contributed by atoms with E-state index in [2.05, 4.69) is 47.1 Å². The number of aromatic nitrogens is 1. The minimum atomic E-state index is 0.768. The molecule has 0 bridgehead atoms. The average molecular weight is 277 g/mol. The third-order valence-corrected chi connectivity index (χ3v) is 3.75. The molecule has 1 heterocycles. The molecule has 0 radical (unpaired) electrons. The molecule has 2 aromatic carbocycles. The lowest BCUT2D eigenvalue weighted by Crippen LogP contribution is -2.23. The maximum absolute atomic E-state index is 6.07. The van der Waals surface area contributed by atoms with Crippen molar-refractivity contribution < 1.29 is 0 Å². The Bertz CT molecular complexity index is 747. The lowest BCUT2D eigenvalue weighted by Gasteiger charge is -2.24. The summed E-state index contributed by atoms with van der Waals surface area (Å²) < 4.78 is 0. The van der Waals surface area contributed by atoms with Crippen LogP contribution in [0.2, 0.25) is 0 Å². The van der Waals surface area contributed by atoms with Crippen LogP contribution in [-0.2, 0) is 6.54 Å². The van der Waals surface area contributed by atoms with E-state index in [0.29, 0.717) is 0 Å². The molecule has 1 aromatic heterocycles. The van der Waals surface area contributed by atoms with E-state index in [1.54, 1.807) is 0 Å². The molecular weight excluding hydrogens is 258 g/mol. The molecule has 2 N–H and O–H groups in total. The number of nitrogens with two attached hydrogens (primary N) is 1. The predicted octanol–water partition coefficient (Wildman–Crippen LogP) is 3.84. The molecule has 106 valence electrons. The molecule has 3 heteroatoms. The number of benzene rings is 2. The van der Waals surface area contributed by atoms with Crippen molar-refractivity contribution in [2.75, 3.05) is 17.2 Å². The second kappa shape index (κ2) is 5.83. The van der Waals surface area contributed by atoms with E-state index < -0.39 is 0 Å². The van der Waals surface area contributed by atoms with Gasteiger partial charge in [0.05, 0.1) is 0 Å². The zero-order valence-electron chi connectivity index (χ0n) is 12.2. The minimum absolute atomic E-state index is 0.768. The van der Waals surface area contributed by atoms with E-state index in [1.165, 1.54) is 10.8 Å². The Morgan fingerprint density at radius 1 is 1.00 bits per heavy atom. The largest absolute Gasteiger partial charge is 0.398 e. The van der Waals surface area contributed by atoms with Gasteiger partial charge in [-0.1, -0.05) is 42.5 Å². The van der Waals surface area contributed by atoms with Gasteiger partial charge in [0.2, 0.25) is 0 Å². The van der Waals surface area contributed by atoms with Crippen molar-refractivity contribution in [3.63, 3.8) is 0 Å². The normalized spacial score (nSPS) is 10.7. The van der Waals surface area contributed by atoms with Gasteiger partial charge in [-0.3, -0.25) is 0 Å². The summed E-state index contributed by atoms with van der Waals surface area (Å²) in [7, 11) is 0. The fourth-order valence-corrected chi connectivity index (χ4v) is 2.58. The molecule has 0 spiro atoms. The number of nitrogen functional groups attached to an aromatic ring is 1. The number of pyridine rings is 1. The van der Waals surface area contributed by atoms with Crippen molar-refractivity contribution in [3.8, 4) is 0 Å². The standard InChI is InChI=1S/C18H19N3/c1-2-21(13-15-8-4-6-10-17(15)19)18-16-9-5-3-7-14(16)11-12-20-18/h3-12H,2,13,19H2,1H3. The van der Waals surface area contributed by atoms with Gasteiger partial charge in [0, 0.05) is 30.4 Å². The molecule has 0 aliphatic rings. The Labute approximate surface area is 125 Å². The van der Waals surface area contributed by atoms with Gasteiger partial charge >= 0.3 is 0 Å². The highest BCUT2D eigenvalue weighted by Crippen LogP contribution is 2.26. The summed E-state index contributed by atoms with van der Waals surface area (Å²) in [5, 5.41) is 2.39. The van der Waals surface area contributed by atoms with Crippen molar-refractivity contribution in [3.05, 3.63) is 66.4 Å². The first-order chi connectivity index (χ1) is 10.3. The molecule has 21 heavy (non-hydrogen) atoms. The van der Waals surface area contributed by atoms with Crippen LogP contribution in [0.4, 0.5) is 11.5 Å². The summed E-state index contributed by atoms with van der Waals surface area (Å²) >= 11 is 0. The molecule has 0 amide bonds. The predicted molar refractivity (Wildman–Crippen MR) is 89.3 cm³/mol. The quantitative estimate of drug-likeness (QED) is 0.737. The molecular formula is C18H19N3. The second-order valence-electron chi connectivity index (χ2n) is 5.07. The second-order valence-corrected chi connectivity index (χ2v) is 5.07. The summed E-state index contributed by atoms with van der Waals surface area (Å²) in [5.74, 6) is 1.01. The molecule has 3 rings (SSSR count). The van der Waals surface area contributed by atoms with Gasteiger partial charge in [-0.2, -0.15) is 0 Å². The topological polar surface area (TPSA) is 42.1 Å². The molecule has 0 fully saturated rings. The number of rotatable bonds is 4. The van der Waals surface area contributed by atoms with Gasteiger partial charge in [0.25, 0.3) is 0 Å². The molecule has 0 atom stereocenters. The molecule has 3 nitrogen and oxygen atoms in total. The number of hydrogen-bond acceptors (Lipinski definition) is 3. The highest BCUT2D eigenvalue weighted by molar-refractivity contribution is 5.92. The minimum Gasteiger partial charge on any atom is -0.398 e. The SMILES string of the molecule is CCN(Cc1ccccc1N)c1nccc2ccccc12. The van der Waals surface area contributed by atoms with E-state index in [1.807, 2.05) is 30.5 Å². The highest BCUT2D eigenvalue weighted by Gasteiger charge is 2.11. The average Bonchev–Trinajstić information content (AvgIpc) is 2.54. The van der Waals surface area contributed by atoms with Crippen LogP contribution >= 0.6 is 0 Å². The number of nitrogens with zero attached hydrogens (tertiary/aromatic N) is 2. The fourth-order valence-electron chi connectivity index (χ4n) is 2.58. The Balaban J connectivity index is 2.01. The Morgan fingerprint density at radius 3 is 2.57 bits per heavy atom. The summed E-state index contributed by atoms with van der Waals surface area (Å²) in [5.41, 5.74) is 8.03. The van der Waals surface area contributed by atoms with E-state index in [9.17, 15) is 0 Å². The van der Waals surface area contributed by atoms with Crippen LogP contribution in [0, 0.1) is 0 Å². The monoisotopic (exact) mass is 277 g/mol. The van der Waals surface area contributed by atoms with Crippen molar-refractivity contribution in [2.24, 2.45) is 0 Å². The van der Waals surface area contributed by atoms with Crippen LogP contribution < -0.4 is 10.6 Å². The maximum Gasteiger partial charge on any atom is 0.136 e. The van der Waals surface area contributed by atoms with Gasteiger partial charge in [-0.25, -0.2) is 4.98 Å². The number of fused-ring (bicyclic) bond motifs is 1. The zero-order chi connectivity index (χ0) is 14.7. The van der Waals surface area contributed by atoms with E-state index in [-0.39, 0.29) is 0 Å². The van der Waals surface area contributed by atoms with Gasteiger partial charge in [-0.15, -0.1) is 0 Å². The lowest BCUT2D eigenvalue weighted by atomic mass is 10.1. The molecule has 0 saturated heterocycles. The van der Waals surface area contributed by atoms with Crippen LogP contribution in [0.3, 0.4) is 0 Å². The summed E-state index contributed by atoms with van der Waals surface area (Å²) in [4.78, 5) is 6.85. The fraction of sp³-hybridized carbons (Fsp3) is 0.167. The maximum atomic E-state index is 6.07. The first-order valence-electron chi connectivity index (χ1n) is 7.21. The summed E-state index contributed by atoms with van der Waals surface area (Å²) in [6, 6.07) is 18.4. The number of hydrogen-bond donors (Lipinski definition) is 1. The first-order valence-corrected chi connectivity index (χ1v) is 7.21. The van der Waals surface area contributed by atoms with E-state index in [0.717, 1.165) is 30.2 Å². The highest BCUT2D eigenvalue weighted by atomic mass is 15.2. The third kappa shape index (κ3) is 2.68. The molecule has 0 aliphatic carbocycles. The zero-order valence-corrected chi connectivity index (χ0v) is 12.2. The Hall–Kier alpha value is -2.55. The smallest absolute Gasteiger partial charge is 0.136 e. The van der Waals surface area contributed by atoms with Crippen molar-refractivity contribution in [2.45, 2.75) is 13.5 Å². The van der Waals surface area contributed by atoms with Crippen molar-refractivity contribution in [1.29, 1.82) is 0 Å². The van der Waals surface area contributed by atoms with E-state index >= 15 is 0 Å². The van der Waals surface area contributed by atoms with E-state index in [4.69, 9.17) is 5.73 Å². The summed E-state index contributed by atoms with van der Waals surface area (Å²) in [6.45, 7) is 3.79. The van der Waals surface area contributed by atoms with Crippen molar-refractivity contribution >= 4 is 22.3 Å². The first kappa shape index (κ1) is 13.4. The van der Waals surface area contributed by atoms with Gasteiger partial charge < -0.3 is 10.6 Å². The van der Waals surface area contributed by atoms with Crippen LogP contribution in [0.5, 0.6) is 0 Å². The van der Waals surface area contributed by atoms with Crippen LogP contribution in [0.25, 0.3) is 10.8 Å². The Morgan fingerprint density at radius 2 is 1.76 bits per heavy atom. The van der Waals surface area contributed by atoms with Crippen LogP contribution in [0.15, 0.2) is 60.8 Å². The molecule has 0 aliphatic heterocycles. The number of para-hydroxylation sites is 1. The van der Waals surface area contributed by atoms with Gasteiger partial charge in [0.15, 0.2) is 0 Å². The van der Waals surface area contributed by atoms with Crippen LogP contribution in [0.1, 0.15) is 12.5 Å². The Kier molecular flexibility index (Phi) is 3.73. The molecule has 0 unspecified atom stereocenters. The summed E-state index contributed by atoms with van der Waals surface area (Å²) in [6.07, 6.45) is 1.87. The van der Waals surface area contributed by atoms with Crippen LogP contribution in [-0.4, -0.2) is 11.5 Å². The third-order valence-electron chi connectivity index (χ3n) is 3.75. The lowest BCUT2D eigenvalue weighted by molar-refractivity contribution is 0.820. The van der Waals surface area contributed by atoms with Gasteiger partial charge in [-0.05, 0) is 30.0 Å². The van der Waals surface area contributed by atoms with Crippen molar-refractivity contribution in [1.82, 2.24) is 4.98 Å². The molecule has 0 saturated carbocycles. The molecule has 3 aromatic rings. The number of anilines is 2.